The Kier molecular flexibility index (Phi) is 3.38. The molecule has 0 fully saturated rings. The first-order valence-electron chi connectivity index (χ1n) is 5.22. The number of hydrogen-bond acceptors (Lipinski definition) is 3. The molecule has 0 amide bonds. The fourth-order valence-electron chi connectivity index (χ4n) is 1.77. The van der Waals surface area contributed by atoms with E-state index in [9.17, 15) is 13.2 Å². The number of nitrogens with one attached hydrogen (secondary N) is 1. The molecule has 0 spiro atoms. The number of benzene rings is 1. The summed E-state index contributed by atoms with van der Waals surface area (Å²) in [6.07, 6.45) is 0. The number of nitrogens with zero attached hydrogens (tertiary/aromatic N) is 1. The Morgan fingerprint density at radius 2 is 1.94 bits per heavy atom. The fraction of sp³-hybridized carbons (Fsp3) is 0.250. The molecule has 3 nitrogen and oxygen atoms in total. The zero-order chi connectivity index (χ0) is 13.3. The highest BCUT2D eigenvalue weighted by Crippen LogP contribution is 2.29. The molecule has 0 radical (unpaired) electrons. The summed E-state index contributed by atoms with van der Waals surface area (Å²) >= 11 is 0. The number of rotatable bonds is 3. The maximum atomic E-state index is 13.7. The second-order valence-electron chi connectivity index (χ2n) is 3.72. The van der Waals surface area contributed by atoms with E-state index in [0.717, 1.165) is 6.07 Å². The topological polar surface area (TPSA) is 34.1 Å². The van der Waals surface area contributed by atoms with E-state index in [-0.39, 0.29) is 17.5 Å². The van der Waals surface area contributed by atoms with Crippen molar-refractivity contribution in [3.05, 3.63) is 35.3 Å². The van der Waals surface area contributed by atoms with Gasteiger partial charge < -0.3 is 10.1 Å². The van der Waals surface area contributed by atoms with Gasteiger partial charge in [-0.2, -0.15) is 0 Å². The van der Waals surface area contributed by atoms with Crippen LogP contribution < -0.4 is 5.32 Å². The first-order valence-corrected chi connectivity index (χ1v) is 5.22. The van der Waals surface area contributed by atoms with Gasteiger partial charge in [0.25, 0.3) is 0 Å². The van der Waals surface area contributed by atoms with E-state index in [4.69, 9.17) is 4.74 Å². The summed E-state index contributed by atoms with van der Waals surface area (Å²) < 4.78 is 45.0. The molecular weight excluding hydrogens is 245 g/mol. The number of hydrogen-bond donors (Lipinski definition) is 1. The van der Waals surface area contributed by atoms with Crippen LogP contribution in [-0.2, 0) is 11.3 Å². The number of methoxy groups -OCH3 is 1. The number of pyridine rings is 1. The number of fused-ring (bicyclic) bond motifs is 1. The van der Waals surface area contributed by atoms with Crippen LogP contribution >= 0.6 is 0 Å². The highest BCUT2D eigenvalue weighted by atomic mass is 19.2. The lowest BCUT2D eigenvalue weighted by molar-refractivity contribution is 0.182. The molecule has 0 bridgehead atoms. The number of anilines is 1. The molecule has 1 heterocycles. The van der Waals surface area contributed by atoms with E-state index < -0.39 is 17.5 Å². The van der Waals surface area contributed by atoms with E-state index in [1.165, 1.54) is 13.2 Å². The number of ether oxygens (including phenoxy) is 1. The van der Waals surface area contributed by atoms with E-state index >= 15 is 0 Å². The molecule has 1 N–H and O–H groups in total. The third-order valence-electron chi connectivity index (χ3n) is 2.55. The minimum atomic E-state index is -1.50. The Balaban J connectivity index is 2.79. The van der Waals surface area contributed by atoms with Crippen molar-refractivity contribution in [2.45, 2.75) is 6.61 Å². The maximum absolute atomic E-state index is 13.7. The summed E-state index contributed by atoms with van der Waals surface area (Å²) in [5.74, 6) is -4.00. The van der Waals surface area contributed by atoms with E-state index in [1.807, 2.05) is 0 Å². The fourth-order valence-corrected chi connectivity index (χ4v) is 1.77. The average molecular weight is 256 g/mol. The SMILES string of the molecule is CNc1cc(COC)nc2cc(F)c(F)c(F)c12. The molecule has 0 aliphatic rings. The van der Waals surface area contributed by atoms with Crippen molar-refractivity contribution >= 4 is 16.6 Å². The Hall–Kier alpha value is -1.82. The first kappa shape index (κ1) is 12.6. The molecule has 0 aliphatic heterocycles. The molecule has 0 saturated heterocycles. The third-order valence-corrected chi connectivity index (χ3v) is 2.55. The summed E-state index contributed by atoms with van der Waals surface area (Å²) in [6, 6.07) is 2.40. The summed E-state index contributed by atoms with van der Waals surface area (Å²) in [7, 11) is 3.04. The summed E-state index contributed by atoms with van der Waals surface area (Å²) in [5.41, 5.74) is 0.883. The van der Waals surface area contributed by atoms with Gasteiger partial charge in [0.05, 0.1) is 23.2 Å². The van der Waals surface area contributed by atoms with Crippen molar-refractivity contribution in [1.29, 1.82) is 0 Å². The van der Waals surface area contributed by atoms with Crippen molar-refractivity contribution in [2.24, 2.45) is 0 Å². The largest absolute Gasteiger partial charge is 0.387 e. The Bertz CT molecular complexity index is 602. The lowest BCUT2D eigenvalue weighted by atomic mass is 10.1. The molecule has 96 valence electrons. The second kappa shape index (κ2) is 4.81. The summed E-state index contributed by atoms with van der Waals surface area (Å²) in [4.78, 5) is 4.02. The van der Waals surface area contributed by atoms with Crippen molar-refractivity contribution in [2.75, 3.05) is 19.5 Å². The molecule has 0 aliphatic carbocycles. The third kappa shape index (κ3) is 1.99. The van der Waals surface area contributed by atoms with Crippen LogP contribution in [0.3, 0.4) is 0 Å². The predicted molar refractivity (Wildman–Crippen MR) is 61.9 cm³/mol. The van der Waals surface area contributed by atoms with Gasteiger partial charge in [0.1, 0.15) is 0 Å². The van der Waals surface area contributed by atoms with Crippen LogP contribution in [0.2, 0.25) is 0 Å². The van der Waals surface area contributed by atoms with Crippen molar-refractivity contribution in [3.63, 3.8) is 0 Å². The molecule has 0 atom stereocenters. The zero-order valence-electron chi connectivity index (χ0n) is 9.85. The van der Waals surface area contributed by atoms with E-state index in [1.54, 1.807) is 7.05 Å². The highest BCUT2D eigenvalue weighted by Gasteiger charge is 2.17. The van der Waals surface area contributed by atoms with Crippen LogP contribution in [0.15, 0.2) is 12.1 Å². The normalized spacial score (nSPS) is 10.9. The van der Waals surface area contributed by atoms with Crippen LogP contribution in [0.25, 0.3) is 10.9 Å². The monoisotopic (exact) mass is 256 g/mol. The van der Waals surface area contributed by atoms with Crippen LogP contribution in [0.1, 0.15) is 5.69 Å². The quantitative estimate of drug-likeness (QED) is 0.857. The molecule has 6 heteroatoms. The predicted octanol–water partition coefficient (Wildman–Crippen LogP) is 2.84. The van der Waals surface area contributed by atoms with Gasteiger partial charge in [0, 0.05) is 25.9 Å². The van der Waals surface area contributed by atoms with Gasteiger partial charge in [0.2, 0.25) is 0 Å². The molecular formula is C12H11F3N2O. The average Bonchev–Trinajstić information content (AvgIpc) is 2.35. The van der Waals surface area contributed by atoms with Gasteiger partial charge in [-0.05, 0) is 6.07 Å². The number of halogens is 3. The molecule has 1 aromatic carbocycles. The van der Waals surface area contributed by atoms with Gasteiger partial charge in [0.15, 0.2) is 17.5 Å². The van der Waals surface area contributed by atoms with Gasteiger partial charge in [-0.1, -0.05) is 0 Å². The Morgan fingerprint density at radius 1 is 1.22 bits per heavy atom. The summed E-state index contributed by atoms with van der Waals surface area (Å²) in [6.45, 7) is 0.200. The van der Waals surface area contributed by atoms with Gasteiger partial charge in [-0.3, -0.25) is 0 Å². The van der Waals surface area contributed by atoms with Crippen LogP contribution in [0, 0.1) is 17.5 Å². The molecule has 2 rings (SSSR count). The minimum Gasteiger partial charge on any atom is -0.387 e. The highest BCUT2D eigenvalue weighted by molar-refractivity contribution is 5.92. The van der Waals surface area contributed by atoms with Gasteiger partial charge in [-0.25, -0.2) is 18.2 Å². The molecule has 0 unspecified atom stereocenters. The standard InChI is InChI=1S/C12H11F3N2O/c1-16-8-3-6(5-18-2)17-9-4-7(13)11(14)12(15)10(8)9/h3-4H,5H2,1-2H3,(H,16,17). The minimum absolute atomic E-state index is 0.0466. The maximum Gasteiger partial charge on any atom is 0.195 e. The molecule has 1 aromatic heterocycles. The van der Waals surface area contributed by atoms with Crippen molar-refractivity contribution < 1.29 is 17.9 Å². The van der Waals surface area contributed by atoms with E-state index in [2.05, 4.69) is 10.3 Å². The van der Waals surface area contributed by atoms with Crippen molar-refractivity contribution in [3.8, 4) is 0 Å². The summed E-state index contributed by atoms with van der Waals surface area (Å²) in [5, 5.41) is 2.66. The number of aromatic nitrogens is 1. The Labute approximate surface area is 102 Å². The van der Waals surface area contributed by atoms with E-state index in [0.29, 0.717) is 11.4 Å². The molecule has 2 aromatic rings. The van der Waals surface area contributed by atoms with Crippen molar-refractivity contribution in [1.82, 2.24) is 4.98 Å². The lowest BCUT2D eigenvalue weighted by Gasteiger charge is -2.10. The molecule has 0 saturated carbocycles. The smallest absolute Gasteiger partial charge is 0.195 e. The van der Waals surface area contributed by atoms with Gasteiger partial charge in [-0.15, -0.1) is 0 Å². The lowest BCUT2D eigenvalue weighted by Crippen LogP contribution is -2.02. The Morgan fingerprint density at radius 3 is 2.56 bits per heavy atom. The molecule has 18 heavy (non-hydrogen) atoms. The first-order chi connectivity index (χ1) is 8.58. The van der Waals surface area contributed by atoms with Crippen LogP contribution in [-0.4, -0.2) is 19.1 Å². The van der Waals surface area contributed by atoms with Crippen LogP contribution in [0.5, 0.6) is 0 Å². The van der Waals surface area contributed by atoms with Crippen LogP contribution in [0.4, 0.5) is 18.9 Å². The zero-order valence-corrected chi connectivity index (χ0v) is 9.85. The van der Waals surface area contributed by atoms with Gasteiger partial charge >= 0.3 is 0 Å². The second-order valence-corrected chi connectivity index (χ2v) is 3.72.